The van der Waals surface area contributed by atoms with Crippen LogP contribution in [0.3, 0.4) is 0 Å². The van der Waals surface area contributed by atoms with Crippen LogP contribution in [0, 0.1) is 6.92 Å². The topological polar surface area (TPSA) is 69.7 Å². The fraction of sp³-hybridized carbons (Fsp3) is 0.400. The molecule has 0 bridgehead atoms. The first-order chi connectivity index (χ1) is 15.0. The molecule has 1 heterocycles. The number of hydrogen-bond donors (Lipinski definition) is 1. The Morgan fingerprint density at radius 3 is 2.26 bits per heavy atom. The zero-order valence-electron chi connectivity index (χ0n) is 18.1. The molecule has 4 rings (SSSR count). The van der Waals surface area contributed by atoms with Gasteiger partial charge >= 0.3 is 6.03 Å². The van der Waals surface area contributed by atoms with E-state index in [1.54, 1.807) is 17.0 Å². The van der Waals surface area contributed by atoms with E-state index in [0.29, 0.717) is 11.4 Å². The van der Waals surface area contributed by atoms with Crippen molar-refractivity contribution < 1.29 is 14.4 Å². The molecular weight excluding hydrogens is 390 g/mol. The van der Waals surface area contributed by atoms with Gasteiger partial charge in [-0.15, -0.1) is 0 Å². The maximum atomic E-state index is 13.3. The van der Waals surface area contributed by atoms with E-state index in [2.05, 4.69) is 12.2 Å². The molecule has 1 saturated carbocycles. The van der Waals surface area contributed by atoms with Crippen LogP contribution in [0.15, 0.2) is 48.5 Å². The molecule has 2 aromatic carbocycles. The Morgan fingerprint density at radius 2 is 1.65 bits per heavy atom. The molecule has 1 atom stereocenters. The highest BCUT2D eigenvalue weighted by Gasteiger charge is 2.49. The van der Waals surface area contributed by atoms with Crippen molar-refractivity contribution in [3.05, 3.63) is 59.7 Å². The van der Waals surface area contributed by atoms with Crippen LogP contribution in [0.4, 0.5) is 16.2 Å². The number of amides is 4. The Balaban J connectivity index is 1.55. The van der Waals surface area contributed by atoms with Crippen LogP contribution < -0.4 is 10.2 Å². The highest BCUT2D eigenvalue weighted by molar-refractivity contribution is 6.22. The van der Waals surface area contributed by atoms with Crippen molar-refractivity contribution in [2.75, 3.05) is 10.2 Å². The van der Waals surface area contributed by atoms with E-state index < -0.39 is 6.04 Å². The lowest BCUT2D eigenvalue weighted by atomic mass is 10.1. The Hall–Kier alpha value is -3.15. The van der Waals surface area contributed by atoms with Crippen molar-refractivity contribution in [1.82, 2.24) is 4.90 Å². The lowest BCUT2D eigenvalue weighted by molar-refractivity contribution is -0.124. The van der Waals surface area contributed by atoms with E-state index >= 15 is 0 Å². The molecule has 6 heteroatoms. The minimum atomic E-state index is -0.771. The van der Waals surface area contributed by atoms with Gasteiger partial charge in [-0.1, -0.05) is 49.6 Å². The fourth-order valence-electron chi connectivity index (χ4n) is 4.53. The normalized spacial score (nSPS) is 19.4. The molecule has 2 aromatic rings. The summed E-state index contributed by atoms with van der Waals surface area (Å²) in [6, 6.07) is 14.0. The van der Waals surface area contributed by atoms with Crippen molar-refractivity contribution >= 4 is 29.2 Å². The molecule has 1 saturated heterocycles. The van der Waals surface area contributed by atoms with Crippen molar-refractivity contribution in [3.8, 4) is 0 Å². The van der Waals surface area contributed by atoms with E-state index in [1.807, 2.05) is 43.3 Å². The van der Waals surface area contributed by atoms with Crippen LogP contribution in [0.5, 0.6) is 0 Å². The maximum absolute atomic E-state index is 13.3. The molecule has 2 aliphatic rings. The average Bonchev–Trinajstić information content (AvgIpc) is 3.36. The molecule has 1 N–H and O–H groups in total. The number of nitrogens with zero attached hydrogens (tertiary/aromatic N) is 2. The first-order valence-corrected chi connectivity index (χ1v) is 11.1. The second-order valence-corrected chi connectivity index (χ2v) is 8.46. The van der Waals surface area contributed by atoms with Crippen LogP contribution in [-0.4, -0.2) is 34.8 Å². The maximum Gasteiger partial charge on any atom is 0.332 e. The number of aryl methyl sites for hydroxylation is 2. The van der Waals surface area contributed by atoms with E-state index in [-0.39, 0.29) is 30.3 Å². The van der Waals surface area contributed by atoms with Crippen LogP contribution in [0.25, 0.3) is 0 Å². The Labute approximate surface area is 183 Å². The third-order valence-corrected chi connectivity index (χ3v) is 6.29. The molecule has 2 fully saturated rings. The molecule has 0 radical (unpaired) electrons. The van der Waals surface area contributed by atoms with E-state index in [0.717, 1.165) is 37.7 Å². The number of carbonyl (C=O) groups excluding carboxylic acids is 3. The van der Waals surface area contributed by atoms with Crippen LogP contribution in [0.2, 0.25) is 0 Å². The second kappa shape index (κ2) is 8.92. The Morgan fingerprint density at radius 1 is 1.00 bits per heavy atom. The third-order valence-electron chi connectivity index (χ3n) is 6.29. The summed E-state index contributed by atoms with van der Waals surface area (Å²) in [5.74, 6) is -0.582. The largest absolute Gasteiger partial charge is 0.332 e. The van der Waals surface area contributed by atoms with Gasteiger partial charge in [0.2, 0.25) is 5.91 Å². The zero-order chi connectivity index (χ0) is 22.0. The van der Waals surface area contributed by atoms with Gasteiger partial charge in [-0.2, -0.15) is 0 Å². The lowest BCUT2D eigenvalue weighted by Gasteiger charge is -2.27. The fourth-order valence-corrected chi connectivity index (χ4v) is 4.53. The third kappa shape index (κ3) is 4.33. The number of anilines is 2. The first kappa shape index (κ1) is 21.1. The molecule has 0 aromatic heterocycles. The number of benzene rings is 2. The smallest absolute Gasteiger partial charge is 0.326 e. The number of hydrogen-bond acceptors (Lipinski definition) is 3. The highest BCUT2D eigenvalue weighted by Crippen LogP contribution is 2.34. The number of carbonyl (C=O) groups is 3. The van der Waals surface area contributed by atoms with Gasteiger partial charge in [0.1, 0.15) is 6.04 Å². The van der Waals surface area contributed by atoms with Crippen molar-refractivity contribution in [2.24, 2.45) is 0 Å². The molecule has 6 nitrogen and oxygen atoms in total. The van der Waals surface area contributed by atoms with Crippen LogP contribution in [0.1, 0.15) is 50.2 Å². The summed E-state index contributed by atoms with van der Waals surface area (Å²) in [7, 11) is 0. The van der Waals surface area contributed by atoms with E-state index in [9.17, 15) is 14.4 Å². The van der Waals surface area contributed by atoms with Crippen LogP contribution in [-0.2, 0) is 16.0 Å². The number of nitrogens with one attached hydrogen (secondary N) is 1. The van der Waals surface area contributed by atoms with E-state index in [4.69, 9.17) is 0 Å². The standard InChI is InChI=1S/C25H29N3O3/c1-3-18-10-12-19(13-11-18)26-23(29)16-22-24(30)28(21-14-8-17(2)9-15-21)25(31)27(22)20-6-4-5-7-20/h8-15,20,22H,3-7,16H2,1-2H3,(H,26,29)/t22-/m0/s1. The molecule has 1 aliphatic carbocycles. The zero-order valence-corrected chi connectivity index (χ0v) is 18.1. The van der Waals surface area contributed by atoms with Gasteiger partial charge in [0.15, 0.2) is 0 Å². The van der Waals surface area contributed by atoms with Gasteiger partial charge in [0.05, 0.1) is 12.1 Å². The molecule has 0 spiro atoms. The summed E-state index contributed by atoms with van der Waals surface area (Å²) < 4.78 is 0. The summed E-state index contributed by atoms with van der Waals surface area (Å²) in [6.07, 6.45) is 4.71. The van der Waals surface area contributed by atoms with E-state index in [1.165, 1.54) is 10.5 Å². The number of imide groups is 1. The summed E-state index contributed by atoms with van der Waals surface area (Å²) in [4.78, 5) is 42.3. The minimum absolute atomic E-state index is 0.00790. The number of urea groups is 1. The first-order valence-electron chi connectivity index (χ1n) is 11.1. The molecule has 31 heavy (non-hydrogen) atoms. The molecule has 4 amide bonds. The predicted octanol–water partition coefficient (Wildman–Crippen LogP) is 4.67. The molecule has 162 valence electrons. The molecular formula is C25H29N3O3. The van der Waals surface area contributed by atoms with Gasteiger partial charge in [-0.25, -0.2) is 9.69 Å². The Bertz CT molecular complexity index is 963. The quantitative estimate of drug-likeness (QED) is 0.692. The van der Waals surface area contributed by atoms with Gasteiger partial charge < -0.3 is 10.2 Å². The van der Waals surface area contributed by atoms with Gasteiger partial charge in [-0.3, -0.25) is 9.59 Å². The predicted molar refractivity (Wildman–Crippen MR) is 121 cm³/mol. The summed E-state index contributed by atoms with van der Waals surface area (Å²) >= 11 is 0. The van der Waals surface area contributed by atoms with Gasteiger partial charge in [-0.05, 0) is 56.0 Å². The monoisotopic (exact) mass is 419 g/mol. The second-order valence-electron chi connectivity index (χ2n) is 8.46. The highest BCUT2D eigenvalue weighted by atomic mass is 16.2. The summed E-state index contributed by atoms with van der Waals surface area (Å²) in [5.41, 5.74) is 3.50. The van der Waals surface area contributed by atoms with Crippen molar-refractivity contribution in [2.45, 2.75) is 64.5 Å². The average molecular weight is 420 g/mol. The SMILES string of the molecule is CCc1ccc(NC(=O)C[C@H]2C(=O)N(c3ccc(C)cc3)C(=O)N2C2CCCC2)cc1. The van der Waals surface area contributed by atoms with Crippen molar-refractivity contribution in [1.29, 1.82) is 0 Å². The lowest BCUT2D eigenvalue weighted by Crippen LogP contribution is -2.43. The summed E-state index contributed by atoms with van der Waals surface area (Å²) in [5, 5.41) is 2.88. The van der Waals surface area contributed by atoms with Gasteiger partial charge in [0.25, 0.3) is 5.91 Å². The van der Waals surface area contributed by atoms with Crippen molar-refractivity contribution in [3.63, 3.8) is 0 Å². The number of rotatable bonds is 6. The Kier molecular flexibility index (Phi) is 6.07. The molecule has 0 unspecified atom stereocenters. The minimum Gasteiger partial charge on any atom is -0.326 e. The molecule has 1 aliphatic heterocycles. The van der Waals surface area contributed by atoms with Crippen LogP contribution >= 0.6 is 0 Å². The summed E-state index contributed by atoms with van der Waals surface area (Å²) in [6.45, 7) is 4.04. The van der Waals surface area contributed by atoms with Gasteiger partial charge in [0, 0.05) is 11.7 Å².